The highest BCUT2D eigenvalue weighted by atomic mass is 16.5. The van der Waals surface area contributed by atoms with Gasteiger partial charge in [-0.3, -0.25) is 19.8 Å². The summed E-state index contributed by atoms with van der Waals surface area (Å²) in [5, 5.41) is 0. The standard InChI is InChI=1S/C21H23N3O5/c1-3-12-29-17-10-6-15(7-11-17)24-19(25)13-18(21(24)27)22-23-20(26)14-4-8-16(28-2)9-5-14/h4-11,18,22H,3,12-13H2,1-2H3,(H,23,26)/t18-/m0/s1. The van der Waals surface area contributed by atoms with Gasteiger partial charge in [0.05, 0.1) is 25.8 Å². The number of nitrogens with zero attached hydrogens (tertiary/aromatic N) is 1. The fourth-order valence-corrected chi connectivity index (χ4v) is 2.89. The zero-order chi connectivity index (χ0) is 20.8. The van der Waals surface area contributed by atoms with Crippen LogP contribution < -0.4 is 25.2 Å². The first-order valence-electron chi connectivity index (χ1n) is 9.33. The maximum atomic E-state index is 12.6. The van der Waals surface area contributed by atoms with Crippen LogP contribution in [-0.4, -0.2) is 37.5 Å². The molecule has 152 valence electrons. The number of hydrazine groups is 1. The van der Waals surface area contributed by atoms with E-state index in [2.05, 4.69) is 10.9 Å². The lowest BCUT2D eigenvalue weighted by atomic mass is 10.2. The molecule has 29 heavy (non-hydrogen) atoms. The van der Waals surface area contributed by atoms with Crippen LogP contribution in [0.3, 0.4) is 0 Å². The Balaban J connectivity index is 1.60. The normalized spacial score (nSPS) is 16.1. The molecule has 0 bridgehead atoms. The summed E-state index contributed by atoms with van der Waals surface area (Å²) in [7, 11) is 1.54. The minimum atomic E-state index is -0.833. The number of hydrogen-bond acceptors (Lipinski definition) is 6. The van der Waals surface area contributed by atoms with Crippen LogP contribution in [-0.2, 0) is 9.59 Å². The van der Waals surface area contributed by atoms with Gasteiger partial charge >= 0.3 is 0 Å². The van der Waals surface area contributed by atoms with Crippen molar-refractivity contribution in [3.05, 3.63) is 54.1 Å². The van der Waals surface area contributed by atoms with Gasteiger partial charge in [-0.25, -0.2) is 10.3 Å². The summed E-state index contributed by atoms with van der Waals surface area (Å²) < 4.78 is 10.6. The molecule has 0 unspecified atom stereocenters. The Morgan fingerprint density at radius 1 is 1.07 bits per heavy atom. The van der Waals surface area contributed by atoms with Crippen molar-refractivity contribution in [1.29, 1.82) is 0 Å². The van der Waals surface area contributed by atoms with Crippen molar-refractivity contribution in [2.24, 2.45) is 0 Å². The van der Waals surface area contributed by atoms with Gasteiger partial charge < -0.3 is 9.47 Å². The molecule has 0 aromatic heterocycles. The fraction of sp³-hybridized carbons (Fsp3) is 0.286. The van der Waals surface area contributed by atoms with Gasteiger partial charge in [0.25, 0.3) is 11.8 Å². The van der Waals surface area contributed by atoms with Crippen LogP contribution in [0.15, 0.2) is 48.5 Å². The average Bonchev–Trinajstić information content (AvgIpc) is 3.04. The third kappa shape index (κ3) is 4.72. The molecular weight excluding hydrogens is 374 g/mol. The predicted octanol–water partition coefficient (Wildman–Crippen LogP) is 2.05. The Morgan fingerprint density at radius 3 is 2.34 bits per heavy atom. The van der Waals surface area contributed by atoms with Crippen molar-refractivity contribution in [3.8, 4) is 11.5 Å². The summed E-state index contributed by atoms with van der Waals surface area (Å²) in [6.07, 6.45) is 0.844. The predicted molar refractivity (Wildman–Crippen MR) is 107 cm³/mol. The van der Waals surface area contributed by atoms with Gasteiger partial charge in [0.15, 0.2) is 0 Å². The van der Waals surface area contributed by atoms with E-state index in [0.717, 1.165) is 11.3 Å². The molecule has 3 amide bonds. The van der Waals surface area contributed by atoms with Crippen molar-refractivity contribution in [1.82, 2.24) is 10.9 Å². The van der Waals surface area contributed by atoms with Crippen LogP contribution in [0.1, 0.15) is 30.1 Å². The van der Waals surface area contributed by atoms with Gasteiger partial charge in [-0.15, -0.1) is 0 Å². The minimum Gasteiger partial charge on any atom is -0.497 e. The topological polar surface area (TPSA) is 97.0 Å². The molecule has 0 radical (unpaired) electrons. The highest BCUT2D eigenvalue weighted by Gasteiger charge is 2.39. The van der Waals surface area contributed by atoms with E-state index in [9.17, 15) is 14.4 Å². The lowest BCUT2D eigenvalue weighted by Crippen LogP contribution is -2.48. The number of rotatable bonds is 8. The Hall–Kier alpha value is -3.39. The largest absolute Gasteiger partial charge is 0.497 e. The zero-order valence-corrected chi connectivity index (χ0v) is 16.3. The van der Waals surface area contributed by atoms with E-state index in [0.29, 0.717) is 29.4 Å². The van der Waals surface area contributed by atoms with Gasteiger partial charge in [-0.1, -0.05) is 6.92 Å². The van der Waals surface area contributed by atoms with E-state index >= 15 is 0 Å². The van der Waals surface area contributed by atoms with Crippen molar-refractivity contribution >= 4 is 23.4 Å². The molecule has 0 saturated carbocycles. The Bertz CT molecular complexity index is 880. The Morgan fingerprint density at radius 2 is 1.72 bits per heavy atom. The molecule has 1 aliphatic rings. The number of benzene rings is 2. The molecule has 1 heterocycles. The number of methoxy groups -OCH3 is 1. The molecule has 2 aromatic carbocycles. The summed E-state index contributed by atoms with van der Waals surface area (Å²) in [6.45, 7) is 2.61. The van der Waals surface area contributed by atoms with Crippen LogP contribution in [0, 0.1) is 0 Å². The summed E-state index contributed by atoms with van der Waals surface area (Å²) in [5.74, 6) is 0.133. The molecular formula is C21H23N3O5. The van der Waals surface area contributed by atoms with Crippen LogP contribution in [0.5, 0.6) is 11.5 Å². The molecule has 0 spiro atoms. The lowest BCUT2D eigenvalue weighted by molar-refractivity contribution is -0.121. The van der Waals surface area contributed by atoms with E-state index in [1.54, 1.807) is 48.5 Å². The molecule has 1 fully saturated rings. The first kappa shape index (κ1) is 20.3. The number of hydrogen-bond donors (Lipinski definition) is 2. The van der Waals surface area contributed by atoms with E-state index in [1.165, 1.54) is 7.11 Å². The SMILES string of the molecule is CCCOc1ccc(N2C(=O)C[C@H](NNC(=O)c3ccc(OC)cc3)C2=O)cc1. The highest BCUT2D eigenvalue weighted by Crippen LogP contribution is 2.25. The van der Waals surface area contributed by atoms with Gasteiger partial charge in [0.1, 0.15) is 17.5 Å². The number of carbonyl (C=O) groups is 3. The van der Waals surface area contributed by atoms with E-state index in [4.69, 9.17) is 9.47 Å². The van der Waals surface area contributed by atoms with Gasteiger partial charge in [-0.05, 0) is 55.0 Å². The van der Waals surface area contributed by atoms with Crippen LogP contribution in [0.25, 0.3) is 0 Å². The number of ether oxygens (including phenoxy) is 2. The number of anilines is 1. The van der Waals surface area contributed by atoms with Crippen molar-refractivity contribution < 1.29 is 23.9 Å². The molecule has 1 aliphatic heterocycles. The highest BCUT2D eigenvalue weighted by molar-refractivity contribution is 6.22. The van der Waals surface area contributed by atoms with Crippen molar-refractivity contribution in [3.63, 3.8) is 0 Å². The molecule has 1 saturated heterocycles. The van der Waals surface area contributed by atoms with Crippen molar-refractivity contribution in [2.45, 2.75) is 25.8 Å². The summed E-state index contributed by atoms with van der Waals surface area (Å²) in [5.41, 5.74) is 6.01. The molecule has 2 aromatic rings. The van der Waals surface area contributed by atoms with E-state index in [1.807, 2.05) is 6.92 Å². The van der Waals surface area contributed by atoms with Gasteiger partial charge in [0.2, 0.25) is 5.91 Å². The number of imide groups is 1. The molecule has 3 rings (SSSR count). The summed E-state index contributed by atoms with van der Waals surface area (Å²) in [6, 6.07) is 12.5. The Labute approximate surface area is 168 Å². The lowest BCUT2D eigenvalue weighted by Gasteiger charge is -2.16. The van der Waals surface area contributed by atoms with Crippen LogP contribution in [0.4, 0.5) is 5.69 Å². The van der Waals surface area contributed by atoms with Gasteiger partial charge in [-0.2, -0.15) is 0 Å². The molecule has 8 heteroatoms. The van der Waals surface area contributed by atoms with E-state index in [-0.39, 0.29) is 12.3 Å². The van der Waals surface area contributed by atoms with Crippen molar-refractivity contribution in [2.75, 3.05) is 18.6 Å². The third-order valence-corrected chi connectivity index (χ3v) is 4.43. The second kappa shape index (κ2) is 9.20. The van der Waals surface area contributed by atoms with Crippen LogP contribution >= 0.6 is 0 Å². The molecule has 0 aliphatic carbocycles. The quantitative estimate of drug-likeness (QED) is 0.523. The minimum absolute atomic E-state index is 0.0458. The third-order valence-electron chi connectivity index (χ3n) is 4.43. The Kier molecular flexibility index (Phi) is 6.46. The first-order valence-corrected chi connectivity index (χ1v) is 9.33. The number of nitrogens with one attached hydrogen (secondary N) is 2. The van der Waals surface area contributed by atoms with Crippen LogP contribution in [0.2, 0.25) is 0 Å². The number of carbonyl (C=O) groups excluding carboxylic acids is 3. The number of amides is 3. The fourth-order valence-electron chi connectivity index (χ4n) is 2.89. The first-order chi connectivity index (χ1) is 14.0. The zero-order valence-electron chi connectivity index (χ0n) is 16.3. The second-order valence-corrected chi connectivity index (χ2v) is 6.49. The summed E-state index contributed by atoms with van der Waals surface area (Å²) in [4.78, 5) is 38.3. The second-order valence-electron chi connectivity index (χ2n) is 6.49. The monoisotopic (exact) mass is 397 g/mol. The van der Waals surface area contributed by atoms with Gasteiger partial charge in [0, 0.05) is 5.56 Å². The average molecular weight is 397 g/mol. The maximum absolute atomic E-state index is 12.6. The molecule has 2 N–H and O–H groups in total. The summed E-state index contributed by atoms with van der Waals surface area (Å²) >= 11 is 0. The molecule has 1 atom stereocenters. The maximum Gasteiger partial charge on any atom is 0.265 e. The van der Waals surface area contributed by atoms with E-state index < -0.39 is 17.9 Å². The molecule has 8 nitrogen and oxygen atoms in total. The smallest absolute Gasteiger partial charge is 0.265 e.